The molecule has 0 saturated carbocycles. The summed E-state index contributed by atoms with van der Waals surface area (Å²) in [7, 11) is 0. The van der Waals surface area contributed by atoms with Crippen molar-refractivity contribution in [1.82, 2.24) is 10.3 Å². The zero-order valence-electron chi connectivity index (χ0n) is 13.2. The minimum Gasteiger partial charge on any atom is -0.456 e. The van der Waals surface area contributed by atoms with Crippen molar-refractivity contribution in [3.63, 3.8) is 0 Å². The number of rotatable bonds is 4. The number of nitrogens with one attached hydrogen (secondary N) is 2. The highest BCUT2D eigenvalue weighted by molar-refractivity contribution is 5.97. The Morgan fingerprint density at radius 2 is 2.04 bits per heavy atom. The number of carbonyl (C=O) groups is 1. The van der Waals surface area contributed by atoms with E-state index >= 15 is 0 Å². The maximum Gasteiger partial charge on any atom is 0.244 e. The van der Waals surface area contributed by atoms with Crippen molar-refractivity contribution in [2.75, 3.05) is 11.9 Å². The molecule has 1 atom stereocenters. The van der Waals surface area contributed by atoms with Crippen LogP contribution in [0.2, 0.25) is 0 Å². The zero-order valence-corrected chi connectivity index (χ0v) is 13.2. The summed E-state index contributed by atoms with van der Waals surface area (Å²) in [5.74, 6) is 1.40. The fourth-order valence-electron chi connectivity index (χ4n) is 2.67. The van der Waals surface area contributed by atoms with Crippen LogP contribution in [-0.2, 0) is 4.79 Å². The van der Waals surface area contributed by atoms with E-state index in [1.54, 1.807) is 12.4 Å². The molecule has 23 heavy (non-hydrogen) atoms. The van der Waals surface area contributed by atoms with Gasteiger partial charge in [0.05, 0.1) is 11.7 Å². The topological polar surface area (TPSA) is 63.2 Å². The second-order valence-electron chi connectivity index (χ2n) is 5.99. The molecule has 2 heterocycles. The molecule has 120 valence electrons. The summed E-state index contributed by atoms with van der Waals surface area (Å²) in [6.45, 7) is 2.85. The first-order chi connectivity index (χ1) is 11.2. The van der Waals surface area contributed by atoms with Crippen LogP contribution in [0.1, 0.15) is 26.2 Å². The molecule has 2 N–H and O–H groups in total. The SMILES string of the molecule is CC1(C(=O)Nc2ccc(Oc3cccnc3)cc2)CCCCN1. The van der Waals surface area contributed by atoms with Crippen LogP contribution in [0.15, 0.2) is 48.8 Å². The predicted octanol–water partition coefficient (Wildman–Crippen LogP) is 3.34. The zero-order chi connectivity index (χ0) is 16.1. The molecular formula is C18H21N3O2. The van der Waals surface area contributed by atoms with Gasteiger partial charge in [-0.1, -0.05) is 0 Å². The first kappa shape index (κ1) is 15.5. The summed E-state index contributed by atoms with van der Waals surface area (Å²) in [5, 5.41) is 6.29. The standard InChI is InChI=1S/C18H21N3O2/c1-18(10-2-3-12-20-18)17(22)21-14-6-8-15(9-7-14)23-16-5-4-11-19-13-16/h4-9,11,13,20H,2-3,10,12H2,1H3,(H,21,22). The van der Waals surface area contributed by atoms with E-state index in [1.165, 1.54) is 0 Å². The number of anilines is 1. The Morgan fingerprint density at radius 1 is 1.22 bits per heavy atom. The van der Waals surface area contributed by atoms with Crippen molar-refractivity contribution in [2.24, 2.45) is 0 Å². The molecule has 1 aliphatic rings. The molecule has 5 heteroatoms. The lowest BCUT2D eigenvalue weighted by atomic mass is 9.90. The van der Waals surface area contributed by atoms with E-state index < -0.39 is 5.54 Å². The third-order valence-electron chi connectivity index (χ3n) is 4.10. The molecule has 1 saturated heterocycles. The number of piperidine rings is 1. The minimum absolute atomic E-state index is 0.0122. The van der Waals surface area contributed by atoms with Gasteiger partial charge >= 0.3 is 0 Å². The monoisotopic (exact) mass is 311 g/mol. The van der Waals surface area contributed by atoms with Crippen LogP contribution in [0, 0.1) is 0 Å². The molecule has 2 aromatic rings. The number of hydrogen-bond donors (Lipinski definition) is 2. The smallest absolute Gasteiger partial charge is 0.244 e. The Hall–Kier alpha value is -2.40. The Bertz CT molecular complexity index is 650. The number of benzene rings is 1. The minimum atomic E-state index is -0.483. The van der Waals surface area contributed by atoms with E-state index in [2.05, 4.69) is 15.6 Å². The van der Waals surface area contributed by atoms with Crippen LogP contribution < -0.4 is 15.4 Å². The molecule has 1 unspecified atom stereocenters. The molecule has 3 rings (SSSR count). The Labute approximate surface area is 136 Å². The molecule has 0 bridgehead atoms. The normalized spacial score (nSPS) is 20.7. The van der Waals surface area contributed by atoms with Crippen LogP contribution in [0.5, 0.6) is 11.5 Å². The first-order valence-electron chi connectivity index (χ1n) is 7.90. The highest BCUT2D eigenvalue weighted by Crippen LogP contribution is 2.24. The number of pyridine rings is 1. The predicted molar refractivity (Wildman–Crippen MR) is 89.6 cm³/mol. The number of hydrogen-bond acceptors (Lipinski definition) is 4. The van der Waals surface area contributed by atoms with Crippen molar-refractivity contribution in [3.8, 4) is 11.5 Å². The van der Waals surface area contributed by atoms with E-state index in [0.717, 1.165) is 31.5 Å². The summed E-state index contributed by atoms with van der Waals surface area (Å²) in [6.07, 6.45) is 6.43. The van der Waals surface area contributed by atoms with Crippen molar-refractivity contribution in [1.29, 1.82) is 0 Å². The van der Waals surface area contributed by atoms with Gasteiger partial charge in [0.1, 0.15) is 11.5 Å². The molecule has 5 nitrogen and oxygen atoms in total. The maximum absolute atomic E-state index is 12.5. The summed E-state index contributed by atoms with van der Waals surface area (Å²) in [4.78, 5) is 16.5. The molecule has 0 aliphatic carbocycles. The molecular weight excluding hydrogens is 290 g/mol. The number of carbonyl (C=O) groups excluding carboxylic acids is 1. The summed E-state index contributed by atoms with van der Waals surface area (Å²) in [6, 6.07) is 11.0. The van der Waals surface area contributed by atoms with Gasteiger partial charge < -0.3 is 15.4 Å². The number of aromatic nitrogens is 1. The van der Waals surface area contributed by atoms with E-state index in [0.29, 0.717) is 11.5 Å². The fraction of sp³-hybridized carbons (Fsp3) is 0.333. The molecule has 0 spiro atoms. The van der Waals surface area contributed by atoms with E-state index in [1.807, 2.05) is 43.3 Å². The summed E-state index contributed by atoms with van der Waals surface area (Å²) < 4.78 is 5.69. The van der Waals surface area contributed by atoms with Crippen LogP contribution in [-0.4, -0.2) is 23.0 Å². The van der Waals surface area contributed by atoms with Gasteiger partial charge in [-0.2, -0.15) is 0 Å². The number of ether oxygens (including phenoxy) is 1. The van der Waals surface area contributed by atoms with Gasteiger partial charge in [0, 0.05) is 11.9 Å². The number of nitrogens with zero attached hydrogens (tertiary/aromatic N) is 1. The quantitative estimate of drug-likeness (QED) is 0.909. The molecule has 1 aromatic heterocycles. The van der Waals surface area contributed by atoms with Gasteiger partial charge in [0.2, 0.25) is 5.91 Å². The number of amides is 1. The Kier molecular flexibility index (Phi) is 4.57. The second-order valence-corrected chi connectivity index (χ2v) is 5.99. The molecule has 1 aromatic carbocycles. The van der Waals surface area contributed by atoms with Gasteiger partial charge in [-0.25, -0.2) is 0 Å². The van der Waals surface area contributed by atoms with Crippen LogP contribution >= 0.6 is 0 Å². The second kappa shape index (κ2) is 6.79. The largest absolute Gasteiger partial charge is 0.456 e. The molecule has 1 amide bonds. The van der Waals surface area contributed by atoms with Crippen LogP contribution in [0.25, 0.3) is 0 Å². The maximum atomic E-state index is 12.5. The molecule has 1 aliphatic heterocycles. The third kappa shape index (κ3) is 3.87. The van der Waals surface area contributed by atoms with E-state index in [9.17, 15) is 4.79 Å². The van der Waals surface area contributed by atoms with Crippen molar-refractivity contribution in [2.45, 2.75) is 31.7 Å². The third-order valence-corrected chi connectivity index (χ3v) is 4.10. The van der Waals surface area contributed by atoms with Crippen LogP contribution in [0.3, 0.4) is 0 Å². The average Bonchev–Trinajstić information content (AvgIpc) is 2.58. The van der Waals surface area contributed by atoms with Crippen molar-refractivity contribution in [3.05, 3.63) is 48.8 Å². The van der Waals surface area contributed by atoms with Crippen molar-refractivity contribution < 1.29 is 9.53 Å². The van der Waals surface area contributed by atoms with Crippen molar-refractivity contribution >= 4 is 11.6 Å². The van der Waals surface area contributed by atoms with Gasteiger partial charge in [-0.05, 0) is 69.1 Å². The fourth-order valence-corrected chi connectivity index (χ4v) is 2.67. The average molecular weight is 311 g/mol. The van der Waals surface area contributed by atoms with Gasteiger partial charge in [-0.3, -0.25) is 9.78 Å². The first-order valence-corrected chi connectivity index (χ1v) is 7.90. The Balaban J connectivity index is 1.62. The highest BCUT2D eigenvalue weighted by Gasteiger charge is 2.34. The lowest BCUT2D eigenvalue weighted by Gasteiger charge is -2.33. The summed E-state index contributed by atoms with van der Waals surface area (Å²) >= 11 is 0. The van der Waals surface area contributed by atoms with E-state index in [-0.39, 0.29) is 5.91 Å². The molecule has 0 radical (unpaired) electrons. The highest BCUT2D eigenvalue weighted by atomic mass is 16.5. The Morgan fingerprint density at radius 3 is 2.70 bits per heavy atom. The van der Waals surface area contributed by atoms with Gasteiger partial charge in [-0.15, -0.1) is 0 Å². The van der Waals surface area contributed by atoms with E-state index in [4.69, 9.17) is 4.74 Å². The summed E-state index contributed by atoms with van der Waals surface area (Å²) in [5.41, 5.74) is 0.283. The molecule has 1 fully saturated rings. The van der Waals surface area contributed by atoms with Crippen LogP contribution in [0.4, 0.5) is 5.69 Å². The van der Waals surface area contributed by atoms with Gasteiger partial charge in [0.15, 0.2) is 0 Å². The lowest BCUT2D eigenvalue weighted by molar-refractivity contribution is -0.122. The van der Waals surface area contributed by atoms with Gasteiger partial charge in [0.25, 0.3) is 0 Å². The lowest BCUT2D eigenvalue weighted by Crippen LogP contribution is -2.54.